The average molecular weight is 243 g/mol. The summed E-state index contributed by atoms with van der Waals surface area (Å²) in [4.78, 5) is 0.500. The summed E-state index contributed by atoms with van der Waals surface area (Å²) in [6.07, 6.45) is 2.67. The molecule has 9 heteroatoms. The monoisotopic (exact) mass is 243 g/mol. The van der Waals surface area contributed by atoms with Crippen LogP contribution in [-0.4, -0.2) is 0 Å². The van der Waals surface area contributed by atoms with E-state index in [4.69, 9.17) is 0 Å². The Morgan fingerprint density at radius 3 is 1.14 bits per heavy atom. The smallest absolute Gasteiger partial charge is 0.0501 e. The van der Waals surface area contributed by atoms with Crippen molar-refractivity contribution >= 4 is 7.81 Å². The van der Waals surface area contributed by atoms with Gasteiger partial charge < -0.3 is 0 Å². The van der Waals surface area contributed by atoms with Gasteiger partial charge in [0, 0.05) is 16.9 Å². The minimum absolute atomic E-state index is 0.500. The van der Waals surface area contributed by atoms with Crippen LogP contribution < -0.4 is 4.79 Å². The first-order valence-electron chi connectivity index (χ1n) is 3.03. The molecule has 0 N–H and O–H groups in total. The van der Waals surface area contributed by atoms with E-state index >= 15 is 0 Å². The molecule has 84 valence electrons. The van der Waals surface area contributed by atoms with Crippen molar-refractivity contribution in [2.24, 2.45) is 0 Å². The maximum Gasteiger partial charge on any atom is 0.218 e. The zero-order valence-electron chi connectivity index (χ0n) is 6.43. The van der Waals surface area contributed by atoms with Crippen LogP contribution in [0.1, 0.15) is 0 Å². The molecule has 1 rings (SSSR count). The average Bonchev–Trinajstić information content (AvgIpc) is 1.81. The molecule has 0 unspecified atom stereocenters. The molecule has 14 heavy (non-hydrogen) atoms. The van der Waals surface area contributed by atoms with Crippen LogP contribution in [0.3, 0.4) is 0 Å². The van der Waals surface area contributed by atoms with Gasteiger partial charge in [0.15, 0.2) is 0 Å². The summed E-state index contributed by atoms with van der Waals surface area (Å²) in [5.74, 6) is 0. The Balaban J connectivity index is 0.000000241. The van der Waals surface area contributed by atoms with Gasteiger partial charge in [-0.05, 0) is 0 Å². The quantitative estimate of drug-likeness (QED) is 0.477. The van der Waals surface area contributed by atoms with Crippen LogP contribution in [0.2, 0.25) is 0 Å². The minimum Gasteiger partial charge on any atom is -0.0501 e. The van der Waals surface area contributed by atoms with Crippen LogP contribution in [0, 0.1) is 0 Å². The molecule has 0 amide bonds. The number of hydrogen-bond donors (Lipinski definition) is 0. The number of aromatic nitrogens is 1. The Morgan fingerprint density at radius 1 is 0.714 bits per heavy atom. The summed E-state index contributed by atoms with van der Waals surface area (Å²) in [5.41, 5.74) is 0. The maximum absolute atomic E-state index is 11.8. The standard InChI is InChI=1S/C5H5FN.F6P/c6-7-4-2-1-3-5-7;1-7(2,3,4,5)6/h1-5H;/q+1;-1. The number of halogens is 7. The zero-order valence-corrected chi connectivity index (χ0v) is 7.32. The predicted molar refractivity (Wildman–Crippen MR) is 36.7 cm³/mol. The summed E-state index contributed by atoms with van der Waals surface area (Å²) >= 11 is 0. The summed E-state index contributed by atoms with van der Waals surface area (Å²) in [6, 6.07) is 5.01. The van der Waals surface area contributed by atoms with E-state index in [2.05, 4.69) is 0 Å². The van der Waals surface area contributed by atoms with Gasteiger partial charge in [0.25, 0.3) is 0 Å². The minimum atomic E-state index is -10.7. The summed E-state index contributed by atoms with van der Waals surface area (Å²) < 4.78 is 71.0. The second kappa shape index (κ2) is 3.05. The summed E-state index contributed by atoms with van der Waals surface area (Å²) in [7, 11) is -10.7. The molecule has 0 bridgehead atoms. The number of pyridine rings is 1. The second-order valence-corrected chi connectivity index (χ2v) is 4.09. The fourth-order valence-corrected chi connectivity index (χ4v) is 0.378. The van der Waals surface area contributed by atoms with Gasteiger partial charge in [0.2, 0.25) is 12.4 Å². The molecular weight excluding hydrogens is 238 g/mol. The molecule has 0 aliphatic heterocycles. The van der Waals surface area contributed by atoms with Gasteiger partial charge in [0.1, 0.15) is 0 Å². The van der Waals surface area contributed by atoms with Crippen LogP contribution >= 0.6 is 7.81 Å². The first-order chi connectivity index (χ1) is 5.84. The van der Waals surface area contributed by atoms with E-state index in [-0.39, 0.29) is 0 Å². The van der Waals surface area contributed by atoms with E-state index in [0.29, 0.717) is 4.79 Å². The Bertz CT molecular complexity index is 278. The van der Waals surface area contributed by atoms with E-state index in [1.807, 2.05) is 0 Å². The van der Waals surface area contributed by atoms with Crippen molar-refractivity contribution in [2.45, 2.75) is 0 Å². The molecule has 1 nitrogen and oxygen atoms in total. The molecular formula is C5H5F7NP. The molecule has 0 saturated carbocycles. The predicted octanol–water partition coefficient (Wildman–Crippen LogP) is 4.09. The fourth-order valence-electron chi connectivity index (χ4n) is 0.378. The van der Waals surface area contributed by atoms with Crippen LogP contribution in [0.15, 0.2) is 30.6 Å². The van der Waals surface area contributed by atoms with Gasteiger partial charge in [0.05, 0.1) is 4.48 Å². The molecule has 1 aromatic rings. The third-order valence-corrected chi connectivity index (χ3v) is 0.679. The van der Waals surface area contributed by atoms with E-state index in [1.165, 1.54) is 12.4 Å². The van der Waals surface area contributed by atoms with E-state index in [0.717, 1.165) is 0 Å². The van der Waals surface area contributed by atoms with Gasteiger partial charge >= 0.3 is 33.0 Å². The van der Waals surface area contributed by atoms with Gasteiger partial charge in [-0.15, -0.1) is 0 Å². The van der Waals surface area contributed by atoms with Crippen molar-refractivity contribution in [3.05, 3.63) is 30.6 Å². The Hall–Kier alpha value is -0.910. The van der Waals surface area contributed by atoms with Gasteiger partial charge in [-0.2, -0.15) is 0 Å². The van der Waals surface area contributed by atoms with Crippen molar-refractivity contribution in [2.75, 3.05) is 0 Å². The fraction of sp³-hybridized carbons (Fsp3) is 0. The molecule has 0 spiro atoms. The Labute approximate surface area is 73.9 Å². The van der Waals surface area contributed by atoms with Crippen LogP contribution in [0.25, 0.3) is 0 Å². The SMILES string of the molecule is F[P-](F)(F)(F)(F)F.F[n+]1ccccc1. The van der Waals surface area contributed by atoms with Crippen LogP contribution in [-0.2, 0) is 0 Å². The Kier molecular flexibility index (Phi) is 2.85. The van der Waals surface area contributed by atoms with Gasteiger partial charge in [-0.25, -0.2) is 0 Å². The summed E-state index contributed by atoms with van der Waals surface area (Å²) in [5, 5.41) is 0. The van der Waals surface area contributed by atoms with Crippen molar-refractivity contribution in [3.63, 3.8) is 0 Å². The molecule has 1 heterocycles. The molecule has 1 aromatic heterocycles. The number of rotatable bonds is 0. The normalized spacial score (nSPS) is 15.9. The second-order valence-electron chi connectivity index (χ2n) is 2.18. The molecule has 0 aromatic carbocycles. The van der Waals surface area contributed by atoms with Crippen molar-refractivity contribution in [1.29, 1.82) is 0 Å². The first-order valence-corrected chi connectivity index (χ1v) is 5.06. The summed E-state index contributed by atoms with van der Waals surface area (Å²) in [6.45, 7) is 0. The Morgan fingerprint density at radius 2 is 1.00 bits per heavy atom. The van der Waals surface area contributed by atoms with E-state index in [9.17, 15) is 29.7 Å². The maximum atomic E-state index is 11.8. The topological polar surface area (TPSA) is 3.88 Å². The molecule has 0 saturated heterocycles. The van der Waals surface area contributed by atoms with E-state index in [1.54, 1.807) is 18.2 Å². The largest absolute Gasteiger partial charge is 0.218 e. The number of hydrogen-bond acceptors (Lipinski definition) is 0. The molecule has 0 fully saturated rings. The van der Waals surface area contributed by atoms with Crippen molar-refractivity contribution in [3.8, 4) is 0 Å². The van der Waals surface area contributed by atoms with Crippen LogP contribution in [0.5, 0.6) is 0 Å². The van der Waals surface area contributed by atoms with E-state index < -0.39 is 7.81 Å². The van der Waals surface area contributed by atoms with Gasteiger partial charge in [-0.3, -0.25) is 0 Å². The van der Waals surface area contributed by atoms with Gasteiger partial charge in [-0.1, -0.05) is 6.07 Å². The molecule has 0 radical (unpaired) electrons. The van der Waals surface area contributed by atoms with Crippen molar-refractivity contribution in [1.82, 2.24) is 0 Å². The zero-order chi connectivity index (χ0) is 11.5. The molecule has 0 aliphatic carbocycles. The third kappa shape index (κ3) is 22.5. The first kappa shape index (κ1) is 13.1. The number of nitrogens with zero attached hydrogens (tertiary/aromatic N) is 1. The third-order valence-electron chi connectivity index (χ3n) is 0.679. The van der Waals surface area contributed by atoms with Crippen molar-refractivity contribution < 1.29 is 34.5 Å². The molecule has 0 aliphatic rings. The van der Waals surface area contributed by atoms with Crippen LogP contribution in [0.4, 0.5) is 29.7 Å². The molecule has 0 atom stereocenters.